The third kappa shape index (κ3) is 4.40. The fourth-order valence-corrected chi connectivity index (χ4v) is 4.10. The Morgan fingerprint density at radius 1 is 0.952 bits per heavy atom. The molecule has 0 radical (unpaired) electrons. The van der Waals surface area contributed by atoms with Gasteiger partial charge in [-0.1, -0.05) is 48.2 Å². The molecule has 0 N–H and O–H groups in total. The summed E-state index contributed by atoms with van der Waals surface area (Å²) in [5.41, 5.74) is 1.42. The molecule has 0 saturated carbocycles. The highest BCUT2D eigenvalue weighted by Crippen LogP contribution is 2.31. The van der Waals surface area contributed by atoms with Crippen LogP contribution in [0.2, 0.25) is 0 Å². The van der Waals surface area contributed by atoms with Crippen molar-refractivity contribution in [2.24, 2.45) is 5.92 Å². The molecule has 1 nitrogen and oxygen atoms in total. The largest absolute Gasteiger partial charge is 0.376 e. The highest BCUT2D eigenvalue weighted by molar-refractivity contribution is 8.02. The first-order valence-corrected chi connectivity index (χ1v) is 8.94. The number of thioether (sulfide) groups is 2. The van der Waals surface area contributed by atoms with Gasteiger partial charge in [-0.15, -0.1) is 11.8 Å². The predicted molar refractivity (Wildman–Crippen MR) is 91.9 cm³/mol. The van der Waals surface area contributed by atoms with Gasteiger partial charge in [0.15, 0.2) is 0 Å². The molecule has 3 rings (SSSR count). The van der Waals surface area contributed by atoms with E-state index in [1.807, 2.05) is 11.8 Å². The van der Waals surface area contributed by atoms with Gasteiger partial charge in [-0.05, 0) is 35.2 Å². The third-order valence-corrected chi connectivity index (χ3v) is 5.54. The summed E-state index contributed by atoms with van der Waals surface area (Å²) in [6.45, 7) is 1.63. The monoisotopic (exact) mass is 314 g/mol. The number of hydrogen-bond acceptors (Lipinski definition) is 3. The Bertz CT molecular complexity index is 581. The molecule has 1 aliphatic rings. The molecule has 21 heavy (non-hydrogen) atoms. The quantitative estimate of drug-likeness (QED) is 0.710. The molecule has 2 aromatic carbocycles. The van der Waals surface area contributed by atoms with Crippen LogP contribution in [-0.2, 0) is 4.74 Å². The molecule has 0 aromatic heterocycles. The Morgan fingerprint density at radius 2 is 1.62 bits per heavy atom. The summed E-state index contributed by atoms with van der Waals surface area (Å²) >= 11 is 3.70. The van der Waals surface area contributed by atoms with Crippen molar-refractivity contribution in [3.63, 3.8) is 0 Å². The molecule has 1 fully saturated rings. The first kappa shape index (κ1) is 14.8. The second-order valence-electron chi connectivity index (χ2n) is 4.96. The van der Waals surface area contributed by atoms with Crippen LogP contribution in [0.1, 0.15) is 0 Å². The van der Waals surface area contributed by atoms with Gasteiger partial charge < -0.3 is 4.74 Å². The Hall–Kier alpha value is -1.16. The maximum Gasteiger partial charge on any atom is 0.0689 e. The van der Waals surface area contributed by atoms with E-state index in [0.29, 0.717) is 5.92 Å². The molecule has 108 valence electrons. The van der Waals surface area contributed by atoms with E-state index in [9.17, 15) is 0 Å². The zero-order valence-corrected chi connectivity index (χ0v) is 13.4. The fourth-order valence-electron chi connectivity index (χ4n) is 2.19. The van der Waals surface area contributed by atoms with Crippen LogP contribution in [0.15, 0.2) is 81.4 Å². The molecule has 1 aliphatic heterocycles. The van der Waals surface area contributed by atoms with Crippen molar-refractivity contribution in [2.75, 3.05) is 19.0 Å². The molecular weight excluding hydrogens is 296 g/mol. The van der Waals surface area contributed by atoms with Gasteiger partial charge in [-0.2, -0.15) is 0 Å². The normalized spacial score (nSPS) is 20.0. The Balaban J connectivity index is 1.57. The molecule has 0 aliphatic carbocycles. The van der Waals surface area contributed by atoms with Crippen molar-refractivity contribution in [1.82, 2.24) is 0 Å². The topological polar surface area (TPSA) is 9.23 Å². The van der Waals surface area contributed by atoms with Crippen molar-refractivity contribution in [3.05, 3.63) is 71.6 Å². The lowest BCUT2D eigenvalue weighted by Crippen LogP contribution is -2.05. The fraction of sp³-hybridized carbons (Fsp3) is 0.222. The molecule has 2 aromatic rings. The first-order valence-electron chi connectivity index (χ1n) is 7.08. The maximum absolute atomic E-state index is 5.65. The molecular formula is C18H18OS2. The molecule has 0 amide bonds. The smallest absolute Gasteiger partial charge is 0.0689 e. The van der Waals surface area contributed by atoms with E-state index >= 15 is 0 Å². The standard InChI is InChI=1S/C18H18OS2/c1-3-7-17(8-4-1)20-13-15-11-19-12-16(15)14-21-18-9-5-2-6-10-18/h1-10,13,16H,11-12,14H2/b15-13+. The van der Waals surface area contributed by atoms with Crippen molar-refractivity contribution in [2.45, 2.75) is 9.79 Å². The minimum Gasteiger partial charge on any atom is -0.376 e. The Kier molecular flexibility index (Phi) is 5.44. The minimum absolute atomic E-state index is 0.534. The van der Waals surface area contributed by atoms with Gasteiger partial charge >= 0.3 is 0 Å². The number of ether oxygens (including phenoxy) is 1. The van der Waals surface area contributed by atoms with Gasteiger partial charge in [0.2, 0.25) is 0 Å². The van der Waals surface area contributed by atoms with E-state index in [2.05, 4.69) is 66.1 Å². The van der Waals surface area contributed by atoms with E-state index < -0.39 is 0 Å². The van der Waals surface area contributed by atoms with Gasteiger partial charge in [-0.3, -0.25) is 0 Å². The van der Waals surface area contributed by atoms with Crippen molar-refractivity contribution >= 4 is 23.5 Å². The molecule has 3 heteroatoms. The SMILES string of the molecule is C(/Sc1ccccc1)=C1/COCC1CSc1ccccc1. The lowest BCUT2D eigenvalue weighted by molar-refractivity contribution is 0.192. The van der Waals surface area contributed by atoms with Gasteiger partial charge in [0.05, 0.1) is 13.2 Å². The number of rotatable bonds is 5. The zero-order chi connectivity index (χ0) is 14.3. The van der Waals surface area contributed by atoms with Crippen LogP contribution < -0.4 is 0 Å². The van der Waals surface area contributed by atoms with E-state index in [1.165, 1.54) is 15.4 Å². The van der Waals surface area contributed by atoms with E-state index in [1.54, 1.807) is 11.8 Å². The van der Waals surface area contributed by atoms with Crippen molar-refractivity contribution < 1.29 is 4.74 Å². The number of hydrogen-bond donors (Lipinski definition) is 0. The molecule has 0 bridgehead atoms. The van der Waals surface area contributed by atoms with Crippen molar-refractivity contribution in [3.8, 4) is 0 Å². The van der Waals surface area contributed by atoms with Crippen LogP contribution in [0.25, 0.3) is 0 Å². The lowest BCUT2D eigenvalue weighted by atomic mass is 10.1. The molecule has 1 unspecified atom stereocenters. The summed E-state index contributed by atoms with van der Waals surface area (Å²) < 4.78 is 5.65. The summed E-state index contributed by atoms with van der Waals surface area (Å²) in [6, 6.07) is 21.1. The summed E-state index contributed by atoms with van der Waals surface area (Å²) in [7, 11) is 0. The average Bonchev–Trinajstić information content (AvgIpc) is 3.00. The van der Waals surface area contributed by atoms with Crippen LogP contribution in [-0.4, -0.2) is 19.0 Å². The molecule has 1 atom stereocenters. The van der Waals surface area contributed by atoms with E-state index in [4.69, 9.17) is 4.74 Å². The zero-order valence-electron chi connectivity index (χ0n) is 11.8. The molecule has 1 saturated heterocycles. The summed E-state index contributed by atoms with van der Waals surface area (Å²) in [5.74, 6) is 1.62. The van der Waals surface area contributed by atoms with E-state index in [0.717, 1.165) is 19.0 Å². The highest BCUT2D eigenvalue weighted by Gasteiger charge is 2.21. The third-order valence-electron chi connectivity index (χ3n) is 3.40. The summed E-state index contributed by atoms with van der Waals surface area (Å²) in [6.07, 6.45) is 0. The van der Waals surface area contributed by atoms with Crippen molar-refractivity contribution in [1.29, 1.82) is 0 Å². The summed E-state index contributed by atoms with van der Waals surface area (Å²) in [4.78, 5) is 2.62. The number of benzene rings is 2. The Labute approximate surface area is 134 Å². The van der Waals surface area contributed by atoms with E-state index in [-0.39, 0.29) is 0 Å². The van der Waals surface area contributed by atoms with Crippen LogP contribution in [0.5, 0.6) is 0 Å². The van der Waals surface area contributed by atoms with Crippen LogP contribution in [0.3, 0.4) is 0 Å². The van der Waals surface area contributed by atoms with Crippen LogP contribution in [0, 0.1) is 5.92 Å². The van der Waals surface area contributed by atoms with Gasteiger partial charge in [0, 0.05) is 21.5 Å². The van der Waals surface area contributed by atoms with Gasteiger partial charge in [-0.25, -0.2) is 0 Å². The highest BCUT2D eigenvalue weighted by atomic mass is 32.2. The summed E-state index contributed by atoms with van der Waals surface area (Å²) in [5, 5.41) is 2.28. The minimum atomic E-state index is 0.534. The first-order chi connectivity index (χ1) is 10.4. The van der Waals surface area contributed by atoms with Gasteiger partial charge in [0.1, 0.15) is 0 Å². The molecule has 0 spiro atoms. The van der Waals surface area contributed by atoms with Crippen LogP contribution in [0.4, 0.5) is 0 Å². The van der Waals surface area contributed by atoms with Crippen LogP contribution >= 0.6 is 23.5 Å². The second kappa shape index (κ2) is 7.74. The van der Waals surface area contributed by atoms with Gasteiger partial charge in [0.25, 0.3) is 0 Å². The Morgan fingerprint density at radius 3 is 2.33 bits per heavy atom. The average molecular weight is 314 g/mol. The lowest BCUT2D eigenvalue weighted by Gasteiger charge is -2.09. The second-order valence-corrected chi connectivity index (χ2v) is 7.00. The maximum atomic E-state index is 5.65. The molecule has 1 heterocycles. The predicted octanol–water partition coefficient (Wildman–Crippen LogP) is 5.10.